The molecule has 0 spiro atoms. The van der Waals surface area contributed by atoms with E-state index in [1.807, 2.05) is 24.3 Å². The molecule has 0 radical (unpaired) electrons. The molecule has 19 heavy (non-hydrogen) atoms. The summed E-state index contributed by atoms with van der Waals surface area (Å²) in [5.74, 6) is 0.349. The highest BCUT2D eigenvalue weighted by atomic mass is 32.1. The molecule has 0 amide bonds. The predicted molar refractivity (Wildman–Crippen MR) is 74.6 cm³/mol. The zero-order valence-electron chi connectivity index (χ0n) is 10.5. The van der Waals surface area contributed by atoms with Crippen LogP contribution in [0.5, 0.6) is 5.75 Å². The van der Waals surface area contributed by atoms with Crippen LogP contribution >= 0.6 is 11.3 Å². The molecule has 0 bridgehead atoms. The number of thiazole rings is 1. The highest BCUT2D eigenvalue weighted by molar-refractivity contribution is 7.13. The van der Waals surface area contributed by atoms with Gasteiger partial charge in [-0.1, -0.05) is 12.7 Å². The number of hydrogen-bond acceptors (Lipinski definition) is 5. The van der Waals surface area contributed by atoms with E-state index in [1.54, 1.807) is 12.5 Å². The van der Waals surface area contributed by atoms with Gasteiger partial charge in [0.25, 0.3) is 0 Å². The Hall–Kier alpha value is -2.14. The molecule has 0 saturated heterocycles. The van der Waals surface area contributed by atoms with Gasteiger partial charge in [0, 0.05) is 10.9 Å². The van der Waals surface area contributed by atoms with E-state index >= 15 is 0 Å². The van der Waals surface area contributed by atoms with Crippen LogP contribution in [0, 0.1) is 0 Å². The number of ether oxygens (including phenoxy) is 2. The largest absolute Gasteiger partial charge is 0.497 e. The van der Waals surface area contributed by atoms with E-state index in [2.05, 4.69) is 11.6 Å². The van der Waals surface area contributed by atoms with Gasteiger partial charge in [0.1, 0.15) is 17.4 Å². The van der Waals surface area contributed by atoms with E-state index in [0.29, 0.717) is 5.69 Å². The second-order valence-corrected chi connectivity index (χ2v) is 4.51. The van der Waals surface area contributed by atoms with E-state index in [9.17, 15) is 4.79 Å². The fourth-order valence-electron chi connectivity index (χ4n) is 1.44. The van der Waals surface area contributed by atoms with Crippen molar-refractivity contribution in [3.63, 3.8) is 0 Å². The molecule has 0 aliphatic carbocycles. The van der Waals surface area contributed by atoms with Crippen molar-refractivity contribution in [3.05, 3.63) is 48.0 Å². The van der Waals surface area contributed by atoms with Crippen LogP contribution in [0.3, 0.4) is 0 Å². The Morgan fingerprint density at radius 2 is 2.16 bits per heavy atom. The topological polar surface area (TPSA) is 48.4 Å². The highest BCUT2D eigenvalue weighted by Gasteiger charge is 2.12. The number of esters is 1. The van der Waals surface area contributed by atoms with Crippen LogP contribution in [0.1, 0.15) is 10.5 Å². The van der Waals surface area contributed by atoms with Crippen LogP contribution in [0.4, 0.5) is 0 Å². The first-order valence-electron chi connectivity index (χ1n) is 5.62. The van der Waals surface area contributed by atoms with Crippen LogP contribution in [-0.2, 0) is 4.74 Å². The van der Waals surface area contributed by atoms with Crippen molar-refractivity contribution in [3.8, 4) is 16.3 Å². The molecule has 0 aliphatic rings. The molecule has 2 rings (SSSR count). The Morgan fingerprint density at radius 3 is 2.79 bits per heavy atom. The minimum absolute atomic E-state index is 0.189. The number of benzene rings is 1. The Bertz CT molecular complexity index is 575. The molecule has 0 N–H and O–H groups in total. The molecule has 5 heteroatoms. The lowest BCUT2D eigenvalue weighted by molar-refractivity contribution is 0.0544. The molecule has 0 aliphatic heterocycles. The summed E-state index contributed by atoms with van der Waals surface area (Å²) in [6.07, 6.45) is 1.52. The van der Waals surface area contributed by atoms with Crippen LogP contribution in [0.2, 0.25) is 0 Å². The van der Waals surface area contributed by atoms with Crippen LogP contribution in [0.15, 0.2) is 42.3 Å². The Kier molecular flexibility index (Phi) is 4.30. The molecular formula is C14H13NO3S. The molecule has 4 nitrogen and oxygen atoms in total. The minimum atomic E-state index is -0.434. The zero-order valence-corrected chi connectivity index (χ0v) is 11.3. The second-order valence-electron chi connectivity index (χ2n) is 3.65. The first-order valence-corrected chi connectivity index (χ1v) is 6.50. The maximum absolute atomic E-state index is 11.6. The van der Waals surface area contributed by atoms with Crippen molar-refractivity contribution < 1.29 is 14.3 Å². The molecule has 0 saturated carbocycles. The van der Waals surface area contributed by atoms with E-state index < -0.39 is 5.97 Å². The number of carbonyl (C=O) groups is 1. The third-order valence-corrected chi connectivity index (χ3v) is 3.27. The number of nitrogens with zero attached hydrogens (tertiary/aromatic N) is 1. The van der Waals surface area contributed by atoms with Crippen molar-refractivity contribution in [2.45, 2.75) is 0 Å². The average Bonchev–Trinajstić information content (AvgIpc) is 2.94. The summed E-state index contributed by atoms with van der Waals surface area (Å²) in [5, 5.41) is 2.46. The number of rotatable bonds is 5. The van der Waals surface area contributed by atoms with E-state index in [0.717, 1.165) is 16.3 Å². The molecule has 0 unspecified atom stereocenters. The lowest BCUT2D eigenvalue weighted by atomic mass is 10.2. The maximum Gasteiger partial charge on any atom is 0.358 e. The van der Waals surface area contributed by atoms with Gasteiger partial charge in [-0.3, -0.25) is 0 Å². The molecule has 1 aromatic carbocycles. The summed E-state index contributed by atoms with van der Waals surface area (Å²) in [4.78, 5) is 15.9. The van der Waals surface area contributed by atoms with E-state index in [-0.39, 0.29) is 6.61 Å². The van der Waals surface area contributed by atoms with Gasteiger partial charge in [-0.05, 0) is 24.3 Å². The number of hydrogen-bond donors (Lipinski definition) is 0. The summed E-state index contributed by atoms with van der Waals surface area (Å²) in [7, 11) is 1.62. The van der Waals surface area contributed by atoms with Gasteiger partial charge in [-0.25, -0.2) is 9.78 Å². The molecule has 1 heterocycles. The summed E-state index contributed by atoms with van der Waals surface area (Å²) in [6.45, 7) is 3.68. The minimum Gasteiger partial charge on any atom is -0.497 e. The lowest BCUT2D eigenvalue weighted by Gasteiger charge is -2.00. The SMILES string of the molecule is C=CCOC(=O)c1csc(-c2ccc(OC)cc2)n1. The monoisotopic (exact) mass is 275 g/mol. The fraction of sp³-hybridized carbons (Fsp3) is 0.143. The molecule has 1 aromatic heterocycles. The van der Waals surface area contributed by atoms with Crippen molar-refractivity contribution in [2.24, 2.45) is 0 Å². The maximum atomic E-state index is 11.6. The molecule has 0 fully saturated rings. The molecule has 98 valence electrons. The summed E-state index contributed by atoms with van der Waals surface area (Å²) < 4.78 is 10.0. The standard InChI is InChI=1S/C14H13NO3S/c1-3-8-18-14(16)12-9-19-13(15-12)10-4-6-11(17-2)7-5-10/h3-7,9H,1,8H2,2H3. The normalized spacial score (nSPS) is 9.95. The lowest BCUT2D eigenvalue weighted by Crippen LogP contribution is -2.05. The average molecular weight is 275 g/mol. The quantitative estimate of drug-likeness (QED) is 0.621. The summed E-state index contributed by atoms with van der Waals surface area (Å²) in [5.41, 5.74) is 1.26. The van der Waals surface area contributed by atoms with Gasteiger partial charge in [0.15, 0.2) is 5.69 Å². The van der Waals surface area contributed by atoms with E-state index in [1.165, 1.54) is 17.4 Å². The van der Waals surface area contributed by atoms with Gasteiger partial charge >= 0.3 is 5.97 Å². The van der Waals surface area contributed by atoms with Gasteiger partial charge in [0.2, 0.25) is 0 Å². The van der Waals surface area contributed by atoms with Crippen molar-refractivity contribution in [1.82, 2.24) is 4.98 Å². The van der Waals surface area contributed by atoms with Gasteiger partial charge in [-0.15, -0.1) is 11.3 Å². The number of aromatic nitrogens is 1. The Morgan fingerprint density at radius 1 is 1.42 bits per heavy atom. The Balaban J connectivity index is 2.15. The highest BCUT2D eigenvalue weighted by Crippen LogP contribution is 2.25. The Labute approximate surface area is 115 Å². The predicted octanol–water partition coefficient (Wildman–Crippen LogP) is 3.16. The smallest absolute Gasteiger partial charge is 0.358 e. The third-order valence-electron chi connectivity index (χ3n) is 2.38. The van der Waals surface area contributed by atoms with Crippen LogP contribution in [0.25, 0.3) is 10.6 Å². The van der Waals surface area contributed by atoms with E-state index in [4.69, 9.17) is 9.47 Å². The molecule has 0 atom stereocenters. The first kappa shape index (κ1) is 13.3. The van der Waals surface area contributed by atoms with Gasteiger partial charge in [-0.2, -0.15) is 0 Å². The van der Waals surface area contributed by atoms with Gasteiger partial charge < -0.3 is 9.47 Å². The third kappa shape index (κ3) is 3.20. The van der Waals surface area contributed by atoms with Crippen LogP contribution in [-0.4, -0.2) is 24.7 Å². The summed E-state index contributed by atoms with van der Waals surface area (Å²) >= 11 is 1.40. The molecule has 2 aromatic rings. The number of methoxy groups -OCH3 is 1. The van der Waals surface area contributed by atoms with Gasteiger partial charge in [0.05, 0.1) is 7.11 Å². The molecular weight excluding hydrogens is 262 g/mol. The van der Waals surface area contributed by atoms with Crippen molar-refractivity contribution in [2.75, 3.05) is 13.7 Å². The second kappa shape index (κ2) is 6.15. The van der Waals surface area contributed by atoms with Crippen LogP contribution < -0.4 is 4.74 Å². The summed E-state index contributed by atoms with van der Waals surface area (Å²) in [6, 6.07) is 7.51. The van der Waals surface area contributed by atoms with Crippen molar-refractivity contribution >= 4 is 17.3 Å². The number of carbonyl (C=O) groups excluding carboxylic acids is 1. The fourth-order valence-corrected chi connectivity index (χ4v) is 2.24. The van der Waals surface area contributed by atoms with Crippen molar-refractivity contribution in [1.29, 1.82) is 0 Å². The first-order chi connectivity index (χ1) is 9.24. The zero-order chi connectivity index (χ0) is 13.7.